The number of benzene rings is 1. The van der Waals surface area contributed by atoms with E-state index in [0.717, 1.165) is 13.1 Å². The number of nitrogens with zero attached hydrogens (tertiary/aromatic N) is 2. The number of sulfonamides is 1. The highest BCUT2D eigenvalue weighted by molar-refractivity contribution is 7.89. The predicted octanol–water partition coefficient (Wildman–Crippen LogP) is 1.15. The molecule has 128 valence electrons. The second-order valence-corrected chi connectivity index (χ2v) is 7.45. The van der Waals surface area contributed by atoms with Gasteiger partial charge in [0.05, 0.1) is 11.4 Å². The molecule has 2 aromatic rings. The number of carbonyl (C=O) groups excluding carboxylic acids is 1. The van der Waals surface area contributed by atoms with E-state index in [1.165, 1.54) is 30.0 Å². The summed E-state index contributed by atoms with van der Waals surface area (Å²) in [5.41, 5.74) is 1.74. The highest BCUT2D eigenvalue weighted by atomic mass is 32.2. The van der Waals surface area contributed by atoms with Crippen LogP contribution in [0.3, 0.4) is 0 Å². The molecule has 1 atom stereocenters. The first kappa shape index (κ1) is 16.7. The molecule has 0 bridgehead atoms. The Morgan fingerprint density at radius 2 is 1.96 bits per heavy atom. The average Bonchev–Trinajstić information content (AvgIpc) is 2.99. The Morgan fingerprint density at radius 3 is 2.62 bits per heavy atom. The molecule has 2 heterocycles. The third kappa shape index (κ3) is 3.50. The number of aromatic nitrogens is 1. The van der Waals surface area contributed by atoms with Gasteiger partial charge in [0.1, 0.15) is 0 Å². The van der Waals surface area contributed by atoms with Gasteiger partial charge in [-0.2, -0.15) is 0 Å². The fraction of sp³-hybridized carbons (Fsp3) is 0.312. The van der Waals surface area contributed by atoms with Crippen molar-refractivity contribution in [2.75, 3.05) is 18.4 Å². The molecule has 1 aliphatic heterocycles. The second kappa shape index (κ2) is 6.39. The molecule has 0 fully saturated rings. The van der Waals surface area contributed by atoms with Crippen LogP contribution in [-0.2, 0) is 21.4 Å². The Bertz CT molecular complexity index is 842. The molecule has 0 aliphatic carbocycles. The summed E-state index contributed by atoms with van der Waals surface area (Å²) in [7, 11) is -3.72. The molecule has 0 spiro atoms. The van der Waals surface area contributed by atoms with Crippen molar-refractivity contribution < 1.29 is 13.2 Å². The highest BCUT2D eigenvalue weighted by Gasteiger charge is 2.25. The van der Waals surface area contributed by atoms with Gasteiger partial charge >= 0.3 is 0 Å². The first-order valence-corrected chi connectivity index (χ1v) is 9.21. The topological polar surface area (TPSA) is 97.4 Å². The van der Waals surface area contributed by atoms with E-state index in [-0.39, 0.29) is 23.4 Å². The van der Waals surface area contributed by atoms with Gasteiger partial charge < -0.3 is 9.88 Å². The van der Waals surface area contributed by atoms with Gasteiger partial charge in [0, 0.05) is 36.7 Å². The fourth-order valence-corrected chi connectivity index (χ4v) is 3.47. The van der Waals surface area contributed by atoms with E-state index < -0.39 is 10.0 Å². The van der Waals surface area contributed by atoms with Gasteiger partial charge in [-0.1, -0.05) is 0 Å². The number of rotatable bonds is 4. The van der Waals surface area contributed by atoms with Gasteiger partial charge in [0.25, 0.3) is 0 Å². The smallest absolute Gasteiger partial charge is 0.238 e. The quantitative estimate of drug-likeness (QED) is 0.866. The van der Waals surface area contributed by atoms with Crippen molar-refractivity contribution in [3.05, 3.63) is 48.3 Å². The lowest BCUT2D eigenvalue weighted by atomic mass is 10.1. The zero-order valence-corrected chi connectivity index (χ0v) is 14.2. The van der Waals surface area contributed by atoms with Crippen LogP contribution in [0.5, 0.6) is 0 Å². The van der Waals surface area contributed by atoms with Crippen molar-refractivity contribution >= 4 is 21.6 Å². The van der Waals surface area contributed by atoms with E-state index in [1.54, 1.807) is 0 Å². The van der Waals surface area contributed by atoms with E-state index >= 15 is 0 Å². The number of primary sulfonamides is 1. The number of hydrogen-bond donors (Lipinski definition) is 2. The first-order valence-electron chi connectivity index (χ1n) is 7.66. The molecule has 0 saturated heterocycles. The third-order valence-electron chi connectivity index (χ3n) is 4.28. The average molecular weight is 348 g/mol. The Kier molecular flexibility index (Phi) is 4.44. The molecular weight excluding hydrogens is 328 g/mol. The molecule has 8 heteroatoms. The summed E-state index contributed by atoms with van der Waals surface area (Å²) in [6, 6.07) is 10.1. The lowest BCUT2D eigenvalue weighted by Gasteiger charge is -2.34. The number of hydrogen-bond acceptors (Lipinski definition) is 4. The summed E-state index contributed by atoms with van der Waals surface area (Å²) >= 11 is 0. The van der Waals surface area contributed by atoms with Gasteiger partial charge in [0.15, 0.2) is 0 Å². The molecule has 1 aliphatic rings. The van der Waals surface area contributed by atoms with Gasteiger partial charge in [0.2, 0.25) is 15.9 Å². The lowest BCUT2D eigenvalue weighted by molar-refractivity contribution is -0.118. The number of carbonyl (C=O) groups is 1. The number of amides is 1. The maximum Gasteiger partial charge on any atom is 0.238 e. The molecule has 1 aromatic heterocycles. The Hall–Kier alpha value is -2.16. The maximum atomic E-state index is 12.3. The second-order valence-electron chi connectivity index (χ2n) is 5.89. The van der Waals surface area contributed by atoms with Crippen LogP contribution in [0, 0.1) is 0 Å². The normalized spacial score (nSPS) is 18.2. The number of anilines is 1. The highest BCUT2D eigenvalue weighted by Crippen LogP contribution is 2.25. The standard InChI is InChI=1S/C16H20N4O3S/c1-12-15-3-2-8-19(15)9-10-20(12)11-16(21)18-13-4-6-14(7-5-13)24(17,22)23/h2-8,12H,9-11H2,1H3,(H,18,21)(H2,17,22,23). The van der Waals surface area contributed by atoms with Crippen LogP contribution in [0.1, 0.15) is 18.7 Å². The predicted molar refractivity (Wildman–Crippen MR) is 90.9 cm³/mol. The number of nitrogens with two attached hydrogens (primary N) is 1. The minimum Gasteiger partial charge on any atom is -0.349 e. The van der Waals surface area contributed by atoms with E-state index in [1.807, 2.05) is 6.07 Å². The molecule has 1 aromatic carbocycles. The van der Waals surface area contributed by atoms with E-state index in [9.17, 15) is 13.2 Å². The summed E-state index contributed by atoms with van der Waals surface area (Å²) in [4.78, 5) is 14.4. The Balaban J connectivity index is 1.62. The van der Waals surface area contributed by atoms with E-state index in [4.69, 9.17) is 5.14 Å². The van der Waals surface area contributed by atoms with Crippen molar-refractivity contribution in [2.24, 2.45) is 5.14 Å². The summed E-state index contributed by atoms with van der Waals surface area (Å²) in [6.07, 6.45) is 2.05. The van der Waals surface area contributed by atoms with Crippen LogP contribution in [-0.4, -0.2) is 36.9 Å². The molecule has 3 N–H and O–H groups in total. The zero-order chi connectivity index (χ0) is 17.3. The van der Waals surface area contributed by atoms with Gasteiger partial charge in [-0.15, -0.1) is 0 Å². The molecular formula is C16H20N4O3S. The zero-order valence-electron chi connectivity index (χ0n) is 13.3. The van der Waals surface area contributed by atoms with Crippen LogP contribution >= 0.6 is 0 Å². The van der Waals surface area contributed by atoms with E-state index in [2.05, 4.69) is 34.0 Å². The number of fused-ring (bicyclic) bond motifs is 1. The summed E-state index contributed by atoms with van der Waals surface area (Å²) in [5.74, 6) is -0.134. The summed E-state index contributed by atoms with van der Waals surface area (Å²) in [6.45, 7) is 4.03. The lowest BCUT2D eigenvalue weighted by Crippen LogP contribution is -2.41. The van der Waals surface area contributed by atoms with Crippen LogP contribution in [0.15, 0.2) is 47.5 Å². The minimum absolute atomic E-state index is 0.0194. The van der Waals surface area contributed by atoms with Crippen LogP contribution in [0.2, 0.25) is 0 Å². The van der Waals surface area contributed by atoms with Crippen molar-refractivity contribution in [1.82, 2.24) is 9.47 Å². The van der Waals surface area contributed by atoms with Crippen molar-refractivity contribution in [1.29, 1.82) is 0 Å². The largest absolute Gasteiger partial charge is 0.349 e. The van der Waals surface area contributed by atoms with Crippen LogP contribution in [0.25, 0.3) is 0 Å². The SMILES string of the molecule is CC1c2cccn2CCN1CC(=O)Nc1ccc(S(N)(=O)=O)cc1. The Labute approximate surface area is 141 Å². The molecule has 3 rings (SSSR count). The molecule has 0 saturated carbocycles. The van der Waals surface area contributed by atoms with Crippen molar-refractivity contribution in [3.63, 3.8) is 0 Å². The monoisotopic (exact) mass is 348 g/mol. The van der Waals surface area contributed by atoms with Crippen LogP contribution in [0.4, 0.5) is 5.69 Å². The molecule has 0 radical (unpaired) electrons. The molecule has 7 nitrogen and oxygen atoms in total. The molecule has 1 unspecified atom stereocenters. The third-order valence-corrected chi connectivity index (χ3v) is 5.21. The van der Waals surface area contributed by atoms with Gasteiger partial charge in [-0.3, -0.25) is 9.69 Å². The fourth-order valence-electron chi connectivity index (χ4n) is 2.96. The number of nitrogens with one attached hydrogen (secondary N) is 1. The van der Waals surface area contributed by atoms with Gasteiger partial charge in [-0.25, -0.2) is 13.6 Å². The molecule has 1 amide bonds. The minimum atomic E-state index is -3.72. The van der Waals surface area contributed by atoms with E-state index in [0.29, 0.717) is 5.69 Å². The maximum absolute atomic E-state index is 12.3. The molecule has 24 heavy (non-hydrogen) atoms. The summed E-state index contributed by atoms with van der Waals surface area (Å²) in [5, 5.41) is 7.84. The van der Waals surface area contributed by atoms with Crippen molar-refractivity contribution in [2.45, 2.75) is 24.4 Å². The van der Waals surface area contributed by atoms with Crippen LogP contribution < -0.4 is 10.5 Å². The van der Waals surface area contributed by atoms with Crippen molar-refractivity contribution in [3.8, 4) is 0 Å². The van der Waals surface area contributed by atoms with Gasteiger partial charge in [-0.05, 0) is 43.3 Å². The Morgan fingerprint density at radius 1 is 1.25 bits per heavy atom. The summed E-state index contributed by atoms with van der Waals surface area (Å²) < 4.78 is 24.7. The first-order chi connectivity index (χ1) is 11.3.